The second-order valence-corrected chi connectivity index (χ2v) is 14.8. The topological polar surface area (TPSA) is 0 Å². The van der Waals surface area contributed by atoms with Crippen LogP contribution >= 0.6 is 0 Å². The largest absolute Gasteiger partial charge is 0.0764 e. The molecule has 2 aromatic carbocycles. The summed E-state index contributed by atoms with van der Waals surface area (Å²) >= 11 is 0. The normalized spacial score (nSPS) is 21.8. The maximum absolute atomic E-state index is 2.71. The zero-order chi connectivity index (χ0) is 20.4. The summed E-state index contributed by atoms with van der Waals surface area (Å²) in [5.74, 6) is 1.21. The summed E-state index contributed by atoms with van der Waals surface area (Å²) in [4.78, 5) is 0. The highest BCUT2D eigenvalue weighted by atomic mass is 28.3. The Labute approximate surface area is 178 Å². The van der Waals surface area contributed by atoms with Gasteiger partial charge in [0.15, 0.2) is 0 Å². The van der Waals surface area contributed by atoms with Crippen LogP contribution in [0.15, 0.2) is 60.7 Å². The van der Waals surface area contributed by atoms with Crippen molar-refractivity contribution in [3.8, 4) is 0 Å². The van der Waals surface area contributed by atoms with E-state index in [1.807, 2.05) is 0 Å². The highest BCUT2D eigenvalue weighted by molar-refractivity contribution is 6.80. The van der Waals surface area contributed by atoms with Crippen LogP contribution in [0.1, 0.15) is 73.6 Å². The molecule has 4 atom stereocenters. The highest BCUT2D eigenvalue weighted by Gasteiger charge is 2.46. The molecule has 0 amide bonds. The molecule has 152 valence electrons. The summed E-state index contributed by atoms with van der Waals surface area (Å²) < 4.78 is 0. The van der Waals surface area contributed by atoms with E-state index in [1.54, 1.807) is 11.1 Å². The van der Waals surface area contributed by atoms with Crippen molar-refractivity contribution in [1.82, 2.24) is 0 Å². The van der Waals surface area contributed by atoms with Gasteiger partial charge in [0, 0.05) is 11.8 Å². The van der Waals surface area contributed by atoms with E-state index in [4.69, 9.17) is 0 Å². The van der Waals surface area contributed by atoms with Gasteiger partial charge in [0.05, 0.1) is 8.07 Å². The summed E-state index contributed by atoms with van der Waals surface area (Å²) in [6.07, 6.45) is 15.1. The van der Waals surface area contributed by atoms with Crippen molar-refractivity contribution in [2.24, 2.45) is 0 Å². The third-order valence-corrected chi connectivity index (χ3v) is 12.8. The molecule has 0 saturated heterocycles. The van der Waals surface area contributed by atoms with E-state index >= 15 is 0 Å². The lowest BCUT2D eigenvalue weighted by Crippen LogP contribution is -2.42. The van der Waals surface area contributed by atoms with E-state index in [2.05, 4.69) is 99.8 Å². The van der Waals surface area contributed by atoms with Gasteiger partial charge in [-0.05, 0) is 33.3 Å². The van der Waals surface area contributed by atoms with Gasteiger partial charge < -0.3 is 0 Å². The van der Waals surface area contributed by atoms with Crippen molar-refractivity contribution in [1.29, 1.82) is 0 Å². The summed E-state index contributed by atoms with van der Waals surface area (Å²) in [5, 5.41) is 0. The van der Waals surface area contributed by atoms with Crippen LogP contribution in [0.2, 0.25) is 24.2 Å². The number of benzene rings is 2. The van der Waals surface area contributed by atoms with Crippen LogP contribution in [0.25, 0.3) is 12.2 Å². The minimum Gasteiger partial charge on any atom is -0.0764 e. The molecule has 0 heterocycles. The minimum absolute atomic E-state index is 0.604. The standard InChI is InChI=1S/C28H36Si/c1-5-11-27(25-19-17-21-13-7-9-15-23(21)25)29(3,4)28(12-6-2)26-20-18-22-14-8-10-16-24(22)26/h7-10,13-20,25-28H,5-6,11-12H2,1-4H3. The van der Waals surface area contributed by atoms with Gasteiger partial charge in [-0.1, -0.05) is 125 Å². The molecule has 0 aromatic heterocycles. The van der Waals surface area contributed by atoms with Crippen molar-refractivity contribution in [2.75, 3.05) is 0 Å². The highest BCUT2D eigenvalue weighted by Crippen LogP contribution is 2.55. The fraction of sp³-hybridized carbons (Fsp3) is 0.429. The molecule has 0 bridgehead atoms. The first kappa shape index (κ1) is 20.4. The van der Waals surface area contributed by atoms with Crippen molar-refractivity contribution >= 4 is 20.2 Å². The first-order valence-electron chi connectivity index (χ1n) is 11.6. The Morgan fingerprint density at radius 2 is 1.10 bits per heavy atom. The van der Waals surface area contributed by atoms with E-state index in [1.165, 1.54) is 36.8 Å². The molecule has 0 fully saturated rings. The van der Waals surface area contributed by atoms with E-state index in [0.29, 0.717) is 11.8 Å². The Kier molecular flexibility index (Phi) is 5.97. The molecule has 0 spiro atoms. The molecule has 0 N–H and O–H groups in total. The molecule has 4 unspecified atom stereocenters. The van der Waals surface area contributed by atoms with Gasteiger partial charge in [-0.2, -0.15) is 0 Å². The van der Waals surface area contributed by atoms with Crippen molar-refractivity contribution in [2.45, 2.75) is 75.5 Å². The molecule has 29 heavy (non-hydrogen) atoms. The van der Waals surface area contributed by atoms with Gasteiger partial charge in [0.1, 0.15) is 0 Å². The number of fused-ring (bicyclic) bond motifs is 2. The first-order valence-corrected chi connectivity index (χ1v) is 14.8. The first-order chi connectivity index (χ1) is 14.1. The molecular formula is C28H36Si. The van der Waals surface area contributed by atoms with E-state index in [-0.39, 0.29) is 0 Å². The Hall–Kier alpha value is -1.86. The lowest BCUT2D eigenvalue weighted by atomic mass is 9.94. The van der Waals surface area contributed by atoms with Gasteiger partial charge in [-0.25, -0.2) is 0 Å². The third-order valence-electron chi connectivity index (χ3n) is 7.65. The molecular weight excluding hydrogens is 364 g/mol. The lowest BCUT2D eigenvalue weighted by Gasteiger charge is -2.45. The molecule has 0 nitrogen and oxygen atoms in total. The number of rotatable bonds is 8. The van der Waals surface area contributed by atoms with Crippen LogP contribution < -0.4 is 0 Å². The summed E-state index contributed by atoms with van der Waals surface area (Å²) in [5.41, 5.74) is 7.63. The molecule has 4 rings (SSSR count). The summed E-state index contributed by atoms with van der Waals surface area (Å²) in [6, 6.07) is 18.2. The van der Waals surface area contributed by atoms with Crippen LogP contribution in [0.4, 0.5) is 0 Å². The van der Waals surface area contributed by atoms with Crippen LogP contribution in [-0.2, 0) is 0 Å². The molecule has 1 heteroatoms. The zero-order valence-corrected chi connectivity index (χ0v) is 19.6. The fourth-order valence-electron chi connectivity index (χ4n) is 6.18. The van der Waals surface area contributed by atoms with Crippen molar-refractivity contribution in [3.05, 3.63) is 82.9 Å². The summed E-state index contributed by atoms with van der Waals surface area (Å²) in [6.45, 7) is 10.2. The fourth-order valence-corrected chi connectivity index (χ4v) is 11.2. The van der Waals surface area contributed by atoms with Gasteiger partial charge in [0.25, 0.3) is 0 Å². The van der Waals surface area contributed by atoms with Gasteiger partial charge in [-0.3, -0.25) is 0 Å². The Bertz CT molecular complexity index is 831. The van der Waals surface area contributed by atoms with Crippen LogP contribution in [0.3, 0.4) is 0 Å². The quantitative estimate of drug-likeness (QED) is 0.389. The molecule has 2 aromatic rings. The van der Waals surface area contributed by atoms with Crippen LogP contribution in [0, 0.1) is 0 Å². The maximum atomic E-state index is 2.71. The monoisotopic (exact) mass is 400 g/mol. The average Bonchev–Trinajstić information content (AvgIpc) is 3.34. The van der Waals surface area contributed by atoms with Crippen LogP contribution in [-0.4, -0.2) is 8.07 Å². The Morgan fingerprint density at radius 3 is 1.52 bits per heavy atom. The second kappa shape index (κ2) is 8.48. The zero-order valence-electron chi connectivity index (χ0n) is 18.6. The molecule has 2 aliphatic rings. The smallest absolute Gasteiger partial charge is 0.0554 e. The average molecular weight is 401 g/mol. The predicted octanol–water partition coefficient (Wildman–Crippen LogP) is 8.66. The number of hydrogen-bond acceptors (Lipinski definition) is 0. The predicted molar refractivity (Wildman–Crippen MR) is 131 cm³/mol. The van der Waals surface area contributed by atoms with Gasteiger partial charge in [0.2, 0.25) is 0 Å². The maximum Gasteiger partial charge on any atom is 0.0554 e. The second-order valence-electron chi connectivity index (χ2n) is 9.64. The van der Waals surface area contributed by atoms with Crippen molar-refractivity contribution < 1.29 is 0 Å². The van der Waals surface area contributed by atoms with E-state index in [0.717, 1.165) is 11.1 Å². The Morgan fingerprint density at radius 1 is 0.690 bits per heavy atom. The number of allylic oxidation sites excluding steroid dienone is 2. The molecule has 0 radical (unpaired) electrons. The summed E-state index contributed by atoms with van der Waals surface area (Å²) in [7, 11) is -1.57. The van der Waals surface area contributed by atoms with Crippen molar-refractivity contribution in [3.63, 3.8) is 0 Å². The molecule has 0 saturated carbocycles. The molecule has 2 aliphatic carbocycles. The van der Waals surface area contributed by atoms with E-state index < -0.39 is 8.07 Å². The Balaban J connectivity index is 1.71. The minimum atomic E-state index is -1.57. The van der Waals surface area contributed by atoms with E-state index in [9.17, 15) is 0 Å². The SMILES string of the molecule is CCCC(C1C=Cc2ccccc21)[Si](C)(C)C(CCC)C1C=Cc2ccccc21. The van der Waals surface area contributed by atoms with Gasteiger partial charge >= 0.3 is 0 Å². The third kappa shape index (κ3) is 3.70. The van der Waals surface area contributed by atoms with Gasteiger partial charge in [-0.15, -0.1) is 0 Å². The molecule has 0 aliphatic heterocycles. The number of hydrogen-bond donors (Lipinski definition) is 0. The van der Waals surface area contributed by atoms with Crippen LogP contribution in [0.5, 0.6) is 0 Å². The lowest BCUT2D eigenvalue weighted by molar-refractivity contribution is 0.584.